The first kappa shape index (κ1) is 17.0. The van der Waals surface area contributed by atoms with Crippen molar-refractivity contribution in [3.63, 3.8) is 0 Å². The number of nitrogens with zero attached hydrogens (tertiary/aromatic N) is 3. The molecule has 1 aliphatic heterocycles. The predicted octanol–water partition coefficient (Wildman–Crippen LogP) is 3.34. The second-order valence-electron chi connectivity index (χ2n) is 6.06. The third-order valence-electron chi connectivity index (χ3n) is 3.97. The number of nitrogens with one attached hydrogen (secondary N) is 1. The van der Waals surface area contributed by atoms with Gasteiger partial charge in [0.25, 0.3) is 5.91 Å². The van der Waals surface area contributed by atoms with Crippen LogP contribution in [0.5, 0.6) is 0 Å². The smallest absolute Gasteiger partial charge is 0.254 e. The van der Waals surface area contributed by atoms with E-state index in [0.717, 1.165) is 11.3 Å². The van der Waals surface area contributed by atoms with Crippen LogP contribution >= 0.6 is 11.6 Å². The van der Waals surface area contributed by atoms with E-state index in [4.69, 9.17) is 16.9 Å². The van der Waals surface area contributed by atoms with Gasteiger partial charge in [0.2, 0.25) is 0 Å². The average Bonchev–Trinajstić information content (AvgIpc) is 2.46. The van der Waals surface area contributed by atoms with Crippen molar-refractivity contribution >= 4 is 35.0 Å². The average molecular weight is 331 g/mol. The molecule has 5 nitrogen and oxygen atoms in total. The number of anilines is 1. The van der Waals surface area contributed by atoms with Crippen molar-refractivity contribution < 1.29 is 4.79 Å². The topological polar surface area (TPSA) is 68.5 Å². The molecule has 0 radical (unpaired) electrons. The highest BCUT2D eigenvalue weighted by Crippen LogP contribution is 2.40. The molecule has 2 rings (SSSR count). The molecule has 0 bridgehead atoms. The number of carbonyl (C=O) groups excluding carboxylic acids is 1. The fraction of sp³-hybridized carbons (Fsp3) is 0.353. The van der Waals surface area contributed by atoms with Crippen molar-refractivity contribution in [2.24, 2.45) is 5.10 Å². The molecule has 1 amide bonds. The Morgan fingerprint density at radius 2 is 2.22 bits per heavy atom. The molecular formula is C17H19ClN4O. The molecule has 120 valence electrons. The minimum atomic E-state index is -0.449. The maximum atomic E-state index is 11.2. The summed E-state index contributed by atoms with van der Waals surface area (Å²) in [6.45, 7) is 6.36. The van der Waals surface area contributed by atoms with E-state index in [9.17, 15) is 4.79 Å². The fourth-order valence-corrected chi connectivity index (χ4v) is 2.78. The van der Waals surface area contributed by atoms with E-state index in [2.05, 4.69) is 42.3 Å². The summed E-state index contributed by atoms with van der Waals surface area (Å²) in [5, 5.41) is 12.8. The van der Waals surface area contributed by atoms with Gasteiger partial charge in [-0.3, -0.25) is 4.79 Å². The van der Waals surface area contributed by atoms with Crippen LogP contribution in [-0.4, -0.2) is 24.7 Å². The summed E-state index contributed by atoms with van der Waals surface area (Å²) in [4.78, 5) is 13.4. The van der Waals surface area contributed by atoms with Crippen molar-refractivity contribution in [1.82, 2.24) is 5.43 Å². The van der Waals surface area contributed by atoms with Crippen molar-refractivity contribution in [1.29, 1.82) is 5.26 Å². The number of carbonyl (C=O) groups is 1. The van der Waals surface area contributed by atoms with Crippen LogP contribution in [-0.2, 0) is 4.79 Å². The lowest BCUT2D eigenvalue weighted by Gasteiger charge is -2.40. The van der Waals surface area contributed by atoms with Crippen LogP contribution in [0.15, 0.2) is 23.3 Å². The second kappa shape index (κ2) is 6.43. The van der Waals surface area contributed by atoms with E-state index in [1.54, 1.807) is 6.07 Å². The van der Waals surface area contributed by atoms with Crippen molar-refractivity contribution in [3.8, 4) is 6.07 Å². The van der Waals surface area contributed by atoms with Gasteiger partial charge in [0.1, 0.15) is 6.42 Å². The molecule has 0 spiro atoms. The molecule has 0 atom stereocenters. The van der Waals surface area contributed by atoms with Gasteiger partial charge in [-0.15, -0.1) is 0 Å². The van der Waals surface area contributed by atoms with Gasteiger partial charge in [-0.1, -0.05) is 17.7 Å². The number of hydrogen-bond donors (Lipinski definition) is 1. The number of fused-ring (bicyclic) bond motifs is 1. The van der Waals surface area contributed by atoms with Gasteiger partial charge in [0.15, 0.2) is 0 Å². The lowest BCUT2D eigenvalue weighted by atomic mass is 9.88. The van der Waals surface area contributed by atoms with Gasteiger partial charge in [0.05, 0.1) is 22.8 Å². The van der Waals surface area contributed by atoms with Gasteiger partial charge in [-0.05, 0) is 38.5 Å². The van der Waals surface area contributed by atoms with E-state index in [1.165, 1.54) is 11.8 Å². The zero-order valence-corrected chi connectivity index (χ0v) is 14.4. The van der Waals surface area contributed by atoms with E-state index >= 15 is 0 Å². The highest BCUT2D eigenvalue weighted by atomic mass is 35.5. The summed E-state index contributed by atoms with van der Waals surface area (Å²) in [5.74, 6) is -0.449. The number of rotatable bonds is 3. The van der Waals surface area contributed by atoms with Crippen molar-refractivity contribution in [2.75, 3.05) is 11.9 Å². The standard InChI is InChI=1S/C17H19ClN4O/c1-11-9-17(2,3)22(4)15-8-14(18)12(7-13(11)15)10-20-21-16(23)5-6-19/h7-10H,5H2,1-4H3,(H,21,23)/b20-10+. The Hall–Kier alpha value is -2.32. The van der Waals surface area contributed by atoms with Crippen molar-refractivity contribution in [3.05, 3.63) is 34.4 Å². The third-order valence-corrected chi connectivity index (χ3v) is 4.30. The van der Waals surface area contributed by atoms with Gasteiger partial charge in [-0.2, -0.15) is 10.4 Å². The van der Waals surface area contributed by atoms with Gasteiger partial charge < -0.3 is 4.90 Å². The zero-order chi connectivity index (χ0) is 17.2. The van der Waals surface area contributed by atoms with E-state index < -0.39 is 5.91 Å². The number of halogens is 1. The number of allylic oxidation sites excluding steroid dienone is 1. The number of likely N-dealkylation sites (N-methyl/N-ethyl adjacent to an activating group) is 1. The molecule has 0 fully saturated rings. The minimum absolute atomic E-state index is 0.0821. The molecule has 0 aromatic heterocycles. The third kappa shape index (κ3) is 3.54. The van der Waals surface area contributed by atoms with Crippen molar-refractivity contribution in [2.45, 2.75) is 32.7 Å². The maximum Gasteiger partial charge on any atom is 0.254 e. The summed E-state index contributed by atoms with van der Waals surface area (Å²) in [5.41, 5.74) is 6.24. The highest BCUT2D eigenvalue weighted by molar-refractivity contribution is 6.33. The molecule has 0 unspecified atom stereocenters. The minimum Gasteiger partial charge on any atom is -0.365 e. The van der Waals surface area contributed by atoms with Crippen LogP contribution < -0.4 is 10.3 Å². The molecule has 1 aromatic carbocycles. The number of benzene rings is 1. The van der Waals surface area contributed by atoms with E-state index in [1.807, 2.05) is 19.2 Å². The Kier molecular flexibility index (Phi) is 4.76. The first-order valence-corrected chi connectivity index (χ1v) is 7.60. The summed E-state index contributed by atoms with van der Waals surface area (Å²) in [6.07, 6.45) is 3.47. The SMILES string of the molecule is CC1=CC(C)(C)N(C)c2cc(Cl)c(/C=N/NC(=O)CC#N)cc21. The summed E-state index contributed by atoms with van der Waals surface area (Å²) < 4.78 is 0. The van der Waals surface area contributed by atoms with Crippen LogP contribution in [0.2, 0.25) is 5.02 Å². The Morgan fingerprint density at radius 3 is 2.87 bits per heavy atom. The van der Waals surface area contributed by atoms with Crippen LogP contribution in [0.3, 0.4) is 0 Å². The molecular weight excluding hydrogens is 312 g/mol. The molecule has 1 heterocycles. The summed E-state index contributed by atoms with van der Waals surface area (Å²) in [7, 11) is 2.04. The molecule has 0 aliphatic carbocycles. The van der Waals surface area contributed by atoms with E-state index in [0.29, 0.717) is 10.6 Å². The Labute approximate surface area is 141 Å². The first-order valence-electron chi connectivity index (χ1n) is 7.22. The first-order chi connectivity index (χ1) is 10.8. The predicted molar refractivity (Wildman–Crippen MR) is 93.6 cm³/mol. The number of hydrogen-bond acceptors (Lipinski definition) is 4. The molecule has 1 N–H and O–H groups in total. The molecule has 1 aliphatic rings. The quantitative estimate of drug-likeness (QED) is 0.682. The lowest BCUT2D eigenvalue weighted by molar-refractivity contribution is -0.120. The molecule has 0 saturated carbocycles. The Balaban J connectivity index is 2.33. The number of amides is 1. The maximum absolute atomic E-state index is 11.2. The summed E-state index contributed by atoms with van der Waals surface area (Å²) in [6, 6.07) is 5.63. The Bertz CT molecular complexity index is 744. The van der Waals surface area contributed by atoms with Crippen LogP contribution in [0.25, 0.3) is 5.57 Å². The van der Waals surface area contributed by atoms with Crippen LogP contribution in [0.4, 0.5) is 5.69 Å². The number of nitriles is 1. The monoisotopic (exact) mass is 330 g/mol. The van der Waals surface area contributed by atoms with Gasteiger partial charge >= 0.3 is 0 Å². The number of hydrazone groups is 1. The Morgan fingerprint density at radius 1 is 1.52 bits per heavy atom. The van der Waals surface area contributed by atoms with Gasteiger partial charge in [-0.25, -0.2) is 5.43 Å². The molecule has 23 heavy (non-hydrogen) atoms. The van der Waals surface area contributed by atoms with Gasteiger partial charge in [0, 0.05) is 23.9 Å². The zero-order valence-electron chi connectivity index (χ0n) is 13.6. The fourth-order valence-electron chi connectivity index (χ4n) is 2.57. The van der Waals surface area contributed by atoms with Crippen LogP contribution in [0.1, 0.15) is 38.3 Å². The molecule has 6 heteroatoms. The van der Waals surface area contributed by atoms with E-state index in [-0.39, 0.29) is 12.0 Å². The second-order valence-corrected chi connectivity index (χ2v) is 6.47. The normalized spacial score (nSPS) is 15.8. The van der Waals surface area contributed by atoms with Crippen LogP contribution in [0, 0.1) is 11.3 Å². The highest BCUT2D eigenvalue weighted by Gasteiger charge is 2.29. The molecule has 1 aromatic rings. The largest absolute Gasteiger partial charge is 0.365 e. The summed E-state index contributed by atoms with van der Waals surface area (Å²) >= 11 is 6.34. The molecule has 0 saturated heterocycles. The lowest BCUT2D eigenvalue weighted by Crippen LogP contribution is -2.42.